The standard InChI is InChI=1S/C23H31ClN2O2/c1-3-23(19-7-5-4-6-8-19)28-17-21(27)16-25-11-13-26(14-12-25)22-15-20(24)10-9-18(22)2/h4-10,15,21,23,27H,3,11-14,16-17H2,1-2H3/t21-,23+/m0/s1. The van der Waals surface area contributed by atoms with E-state index >= 15 is 0 Å². The molecule has 1 N–H and O–H groups in total. The first-order valence-corrected chi connectivity index (χ1v) is 10.5. The molecular weight excluding hydrogens is 372 g/mol. The maximum atomic E-state index is 10.5. The number of aliphatic hydroxyl groups excluding tert-OH is 1. The average Bonchev–Trinajstić information content (AvgIpc) is 2.72. The van der Waals surface area contributed by atoms with Crippen molar-refractivity contribution in [2.75, 3.05) is 44.2 Å². The minimum absolute atomic E-state index is 0.0403. The van der Waals surface area contributed by atoms with E-state index < -0.39 is 6.10 Å². The number of hydrogen-bond acceptors (Lipinski definition) is 4. The highest BCUT2D eigenvalue weighted by Crippen LogP contribution is 2.25. The van der Waals surface area contributed by atoms with Crippen molar-refractivity contribution in [3.8, 4) is 0 Å². The van der Waals surface area contributed by atoms with Gasteiger partial charge in [0, 0.05) is 43.4 Å². The van der Waals surface area contributed by atoms with Crippen molar-refractivity contribution in [2.45, 2.75) is 32.5 Å². The van der Waals surface area contributed by atoms with E-state index in [1.54, 1.807) is 0 Å². The molecule has 1 heterocycles. The summed E-state index contributed by atoms with van der Waals surface area (Å²) in [5, 5.41) is 11.2. The molecule has 0 bridgehead atoms. The van der Waals surface area contributed by atoms with Crippen molar-refractivity contribution in [3.05, 3.63) is 64.7 Å². The molecule has 1 aliphatic heterocycles. The van der Waals surface area contributed by atoms with Gasteiger partial charge in [-0.1, -0.05) is 54.9 Å². The summed E-state index contributed by atoms with van der Waals surface area (Å²) in [5.74, 6) is 0. The summed E-state index contributed by atoms with van der Waals surface area (Å²) in [4.78, 5) is 4.69. The largest absolute Gasteiger partial charge is 0.389 e. The topological polar surface area (TPSA) is 35.9 Å². The number of rotatable bonds is 8. The van der Waals surface area contributed by atoms with Gasteiger partial charge in [0.2, 0.25) is 0 Å². The highest BCUT2D eigenvalue weighted by atomic mass is 35.5. The van der Waals surface area contributed by atoms with Gasteiger partial charge in [-0.2, -0.15) is 0 Å². The Bertz CT molecular complexity index is 733. The zero-order valence-electron chi connectivity index (χ0n) is 16.9. The Labute approximate surface area is 173 Å². The molecule has 2 aromatic carbocycles. The number of aliphatic hydroxyl groups is 1. The molecular formula is C23H31ClN2O2. The number of hydrogen-bond donors (Lipinski definition) is 1. The summed E-state index contributed by atoms with van der Waals surface area (Å²) in [7, 11) is 0. The van der Waals surface area contributed by atoms with Gasteiger partial charge in [0.25, 0.3) is 0 Å². The summed E-state index contributed by atoms with van der Waals surface area (Å²) in [6, 6.07) is 16.3. The zero-order valence-corrected chi connectivity index (χ0v) is 17.6. The van der Waals surface area contributed by atoms with Gasteiger partial charge in [-0.15, -0.1) is 0 Å². The molecule has 0 aromatic heterocycles. The van der Waals surface area contributed by atoms with Gasteiger partial charge in [-0.05, 0) is 36.6 Å². The molecule has 1 saturated heterocycles. The molecule has 1 aliphatic rings. The van der Waals surface area contributed by atoms with E-state index in [9.17, 15) is 5.11 Å². The van der Waals surface area contributed by atoms with Crippen LogP contribution in [0.3, 0.4) is 0 Å². The van der Waals surface area contributed by atoms with E-state index in [1.807, 2.05) is 30.3 Å². The molecule has 28 heavy (non-hydrogen) atoms. The molecule has 152 valence electrons. The Morgan fingerprint density at radius 1 is 1.07 bits per heavy atom. The summed E-state index contributed by atoms with van der Waals surface area (Å²) in [5.41, 5.74) is 3.63. The number of β-amino-alcohol motifs (C(OH)–C–C–N with tert-alkyl or cyclic N) is 1. The summed E-state index contributed by atoms with van der Waals surface area (Å²) in [6.07, 6.45) is 0.463. The van der Waals surface area contributed by atoms with Crippen LogP contribution >= 0.6 is 11.6 Å². The molecule has 0 spiro atoms. The minimum Gasteiger partial charge on any atom is -0.389 e. The van der Waals surface area contributed by atoms with Crippen LogP contribution in [0.25, 0.3) is 0 Å². The van der Waals surface area contributed by atoms with Crippen molar-refractivity contribution in [3.63, 3.8) is 0 Å². The molecule has 4 nitrogen and oxygen atoms in total. The fourth-order valence-corrected chi connectivity index (χ4v) is 3.96. The summed E-state index contributed by atoms with van der Waals surface area (Å²) < 4.78 is 6.00. The first kappa shape index (κ1) is 21.1. The predicted molar refractivity (Wildman–Crippen MR) is 116 cm³/mol. The summed E-state index contributed by atoms with van der Waals surface area (Å²) in [6.45, 7) is 8.98. The first-order chi connectivity index (χ1) is 13.6. The van der Waals surface area contributed by atoms with Gasteiger partial charge in [-0.3, -0.25) is 4.90 Å². The molecule has 0 saturated carbocycles. The maximum Gasteiger partial charge on any atom is 0.0900 e. The Kier molecular flexibility index (Phi) is 7.74. The minimum atomic E-state index is -0.475. The van der Waals surface area contributed by atoms with Crippen LogP contribution in [0, 0.1) is 6.92 Å². The number of aryl methyl sites for hydroxylation is 1. The molecule has 1 fully saturated rings. The number of nitrogens with zero attached hydrogens (tertiary/aromatic N) is 2. The van der Waals surface area contributed by atoms with Gasteiger partial charge in [0.15, 0.2) is 0 Å². The lowest BCUT2D eigenvalue weighted by atomic mass is 10.1. The Hall–Kier alpha value is -1.59. The molecule has 0 aliphatic carbocycles. The second kappa shape index (κ2) is 10.3. The second-order valence-electron chi connectivity index (χ2n) is 7.51. The van der Waals surface area contributed by atoms with E-state index in [2.05, 4.69) is 41.8 Å². The molecule has 2 atom stereocenters. The van der Waals surface area contributed by atoms with E-state index in [4.69, 9.17) is 16.3 Å². The normalized spacial score (nSPS) is 17.5. The number of benzene rings is 2. The molecule has 3 rings (SSSR count). The smallest absolute Gasteiger partial charge is 0.0900 e. The summed E-state index contributed by atoms with van der Waals surface area (Å²) >= 11 is 6.17. The van der Waals surface area contributed by atoms with Gasteiger partial charge < -0.3 is 14.7 Å². The highest BCUT2D eigenvalue weighted by molar-refractivity contribution is 6.30. The Morgan fingerprint density at radius 3 is 2.46 bits per heavy atom. The van der Waals surface area contributed by atoms with Crippen molar-refractivity contribution in [1.82, 2.24) is 4.90 Å². The van der Waals surface area contributed by atoms with Crippen LogP contribution in [0.5, 0.6) is 0 Å². The van der Waals surface area contributed by atoms with Crippen LogP contribution in [0.4, 0.5) is 5.69 Å². The first-order valence-electron chi connectivity index (χ1n) is 10.1. The van der Waals surface area contributed by atoms with Crippen molar-refractivity contribution >= 4 is 17.3 Å². The van der Waals surface area contributed by atoms with E-state index in [1.165, 1.54) is 16.8 Å². The van der Waals surface area contributed by atoms with Crippen molar-refractivity contribution < 1.29 is 9.84 Å². The fourth-order valence-electron chi connectivity index (χ4n) is 3.79. The molecule has 0 radical (unpaired) electrons. The monoisotopic (exact) mass is 402 g/mol. The quantitative estimate of drug-likeness (QED) is 0.714. The van der Waals surface area contributed by atoms with E-state index in [-0.39, 0.29) is 6.10 Å². The van der Waals surface area contributed by atoms with Crippen LogP contribution in [-0.4, -0.2) is 55.4 Å². The number of anilines is 1. The van der Waals surface area contributed by atoms with Crippen LogP contribution in [0.2, 0.25) is 5.02 Å². The average molecular weight is 403 g/mol. The second-order valence-corrected chi connectivity index (χ2v) is 7.95. The maximum absolute atomic E-state index is 10.5. The zero-order chi connectivity index (χ0) is 19.9. The lowest BCUT2D eigenvalue weighted by Gasteiger charge is -2.37. The molecule has 0 amide bonds. The van der Waals surface area contributed by atoms with Crippen LogP contribution in [-0.2, 0) is 4.74 Å². The third-order valence-corrected chi connectivity index (χ3v) is 5.62. The van der Waals surface area contributed by atoms with E-state index in [0.29, 0.717) is 13.2 Å². The number of halogens is 1. The third kappa shape index (κ3) is 5.71. The fraction of sp³-hybridized carbons (Fsp3) is 0.478. The molecule has 5 heteroatoms. The number of piperazine rings is 1. The van der Waals surface area contributed by atoms with Crippen molar-refractivity contribution in [2.24, 2.45) is 0 Å². The Balaban J connectivity index is 1.44. The van der Waals surface area contributed by atoms with Crippen molar-refractivity contribution in [1.29, 1.82) is 0 Å². The highest BCUT2D eigenvalue weighted by Gasteiger charge is 2.21. The van der Waals surface area contributed by atoms with Crippen LogP contribution in [0.1, 0.15) is 30.6 Å². The van der Waals surface area contributed by atoms with Crippen LogP contribution < -0.4 is 4.90 Å². The van der Waals surface area contributed by atoms with Gasteiger partial charge in [-0.25, -0.2) is 0 Å². The third-order valence-electron chi connectivity index (χ3n) is 5.39. The molecule has 0 unspecified atom stereocenters. The molecule has 2 aromatic rings. The Morgan fingerprint density at radius 2 is 1.79 bits per heavy atom. The SMILES string of the molecule is CC[C@@H](OC[C@@H](O)CN1CCN(c2cc(Cl)ccc2C)CC1)c1ccccc1. The number of ether oxygens (including phenoxy) is 1. The van der Waals surface area contributed by atoms with Gasteiger partial charge in [0.05, 0.1) is 18.8 Å². The lowest BCUT2D eigenvalue weighted by Crippen LogP contribution is -2.49. The predicted octanol–water partition coefficient (Wildman–Crippen LogP) is 4.30. The van der Waals surface area contributed by atoms with Crippen LogP contribution in [0.15, 0.2) is 48.5 Å². The van der Waals surface area contributed by atoms with Gasteiger partial charge >= 0.3 is 0 Å². The lowest BCUT2D eigenvalue weighted by molar-refractivity contribution is -0.0240. The van der Waals surface area contributed by atoms with E-state index in [0.717, 1.165) is 37.6 Å². The van der Waals surface area contributed by atoms with Gasteiger partial charge in [0.1, 0.15) is 0 Å².